The molecule has 10 nitrogen and oxygen atoms in total. The Morgan fingerprint density at radius 1 is 1.12 bits per heavy atom. The maximum absolute atomic E-state index is 13.2. The van der Waals surface area contributed by atoms with Gasteiger partial charge in [0.1, 0.15) is 11.4 Å². The van der Waals surface area contributed by atoms with Crippen LogP contribution >= 0.6 is 81.4 Å². The first-order valence-electron chi connectivity index (χ1n) is 14.9. The lowest BCUT2D eigenvalue weighted by atomic mass is 10.0. The van der Waals surface area contributed by atoms with Gasteiger partial charge in [-0.25, -0.2) is 4.79 Å². The molecule has 4 heterocycles. The first-order chi connectivity index (χ1) is 23.3. The van der Waals surface area contributed by atoms with Crippen molar-refractivity contribution >= 4 is 105 Å². The number of pyridine rings is 1. The highest BCUT2D eigenvalue weighted by atomic mass is 35.5. The Kier molecular flexibility index (Phi) is 12.9. The summed E-state index contributed by atoms with van der Waals surface area (Å²) in [7, 11) is 0. The predicted octanol–water partition coefficient (Wildman–Crippen LogP) is 4.21. The average molecular weight is 803 g/mol. The maximum atomic E-state index is 13.2. The van der Waals surface area contributed by atoms with Crippen LogP contribution in [0.1, 0.15) is 22.7 Å². The molecule has 1 aromatic carbocycles. The molecule has 0 spiro atoms. The summed E-state index contributed by atoms with van der Waals surface area (Å²) in [4.78, 5) is 53.2. The molecule has 0 saturated carbocycles. The van der Waals surface area contributed by atoms with Gasteiger partial charge in [0.15, 0.2) is 24.0 Å². The fourth-order valence-electron chi connectivity index (χ4n) is 5.42. The maximum Gasteiger partial charge on any atom is 0.332 e. The molecule has 3 aromatic rings. The predicted molar refractivity (Wildman–Crippen MR) is 191 cm³/mol. The number of hydrogen-bond acceptors (Lipinski definition) is 10. The van der Waals surface area contributed by atoms with Gasteiger partial charge in [-0.1, -0.05) is 34.8 Å². The van der Waals surface area contributed by atoms with Crippen molar-refractivity contribution in [1.29, 1.82) is 0 Å². The van der Waals surface area contributed by atoms with E-state index < -0.39 is 41.3 Å². The standard InChI is InChI=1S/C32H30Cl3N3O7S4/c1-16-10-21(12-19(3-4-20-5-7-25(35)49-20)37(16)9-8-23(39)31(42)43)46-13-17-14-48-30-27(29(41)38(30)28(17)32(44)45)36-26(40)15-47-24-11-18(33)2-6-22(24)34/h2,5-7,10-12,23,27,30,39H,3-4,8-9,13-15H2,1H3,(H2-,36,40,42,43,44,45)/t23-,27-,30-/m1/s1. The van der Waals surface area contributed by atoms with E-state index in [2.05, 4.69) is 5.32 Å². The van der Waals surface area contributed by atoms with E-state index in [0.29, 0.717) is 50.0 Å². The molecule has 1 saturated heterocycles. The molecule has 0 radical (unpaired) electrons. The van der Waals surface area contributed by atoms with Crippen molar-refractivity contribution in [3.8, 4) is 0 Å². The molecular weight excluding hydrogens is 773 g/mol. The van der Waals surface area contributed by atoms with E-state index in [1.165, 1.54) is 51.5 Å². The summed E-state index contributed by atoms with van der Waals surface area (Å²) in [6.45, 7) is 2.19. The second kappa shape index (κ2) is 16.7. The summed E-state index contributed by atoms with van der Waals surface area (Å²) >= 11 is 23.8. The highest BCUT2D eigenvalue weighted by Crippen LogP contribution is 2.41. The molecular formula is C32H30Cl3N3O7S4. The van der Waals surface area contributed by atoms with E-state index in [0.717, 1.165) is 21.2 Å². The molecule has 2 aromatic heterocycles. The van der Waals surface area contributed by atoms with Gasteiger partial charge in [0.25, 0.3) is 5.91 Å². The monoisotopic (exact) mass is 801 g/mol. The Bertz CT molecular complexity index is 1820. The highest BCUT2D eigenvalue weighted by molar-refractivity contribution is 8.01. The van der Waals surface area contributed by atoms with Crippen LogP contribution in [0.2, 0.25) is 14.4 Å². The van der Waals surface area contributed by atoms with Crippen LogP contribution in [0.25, 0.3) is 0 Å². The number of carbonyl (C=O) groups excluding carboxylic acids is 3. The van der Waals surface area contributed by atoms with E-state index in [1.54, 1.807) is 18.2 Å². The van der Waals surface area contributed by atoms with E-state index in [-0.39, 0.29) is 23.6 Å². The third-order valence-corrected chi connectivity index (χ3v) is 13.2. The smallest absolute Gasteiger partial charge is 0.332 e. The Hall–Kier alpha value is -2.43. The molecule has 17 heteroatoms. The molecule has 0 unspecified atom stereocenters. The molecule has 3 atom stereocenters. The Labute approximate surface area is 314 Å². The van der Waals surface area contributed by atoms with E-state index >= 15 is 0 Å². The van der Waals surface area contributed by atoms with Crippen LogP contribution in [-0.2, 0) is 38.6 Å². The summed E-state index contributed by atoms with van der Waals surface area (Å²) in [5.74, 6) is -3.05. The van der Waals surface area contributed by atoms with Gasteiger partial charge in [0.2, 0.25) is 5.91 Å². The van der Waals surface area contributed by atoms with Gasteiger partial charge in [-0.2, -0.15) is 4.57 Å². The number of aliphatic hydroxyl groups is 1. The lowest BCUT2D eigenvalue weighted by molar-refractivity contribution is -0.711. The van der Waals surface area contributed by atoms with Crippen molar-refractivity contribution in [2.45, 2.75) is 60.0 Å². The van der Waals surface area contributed by atoms with Crippen LogP contribution < -0.4 is 15.0 Å². The molecule has 2 aliphatic heterocycles. The number of aliphatic carboxylic acids is 2. The Morgan fingerprint density at radius 2 is 1.90 bits per heavy atom. The number of thiophene rings is 1. The number of aliphatic hydroxyl groups excluding tert-OH is 1. The quantitative estimate of drug-likeness (QED) is 0.116. The Balaban J connectivity index is 1.27. The van der Waals surface area contributed by atoms with Crippen molar-refractivity contribution in [2.75, 3.05) is 17.3 Å². The zero-order valence-corrected chi connectivity index (χ0v) is 31.4. The summed E-state index contributed by atoms with van der Waals surface area (Å²) < 4.78 is 2.67. The number of aromatic nitrogens is 1. The summed E-state index contributed by atoms with van der Waals surface area (Å²) in [5.41, 5.74) is 2.13. The van der Waals surface area contributed by atoms with Crippen LogP contribution in [0, 0.1) is 6.92 Å². The molecule has 0 bridgehead atoms. The number of amides is 2. The van der Waals surface area contributed by atoms with Crippen molar-refractivity contribution in [3.63, 3.8) is 0 Å². The molecule has 260 valence electrons. The number of benzene rings is 1. The molecule has 2 amide bonds. The van der Waals surface area contributed by atoms with E-state index in [1.807, 2.05) is 35.8 Å². The lowest BCUT2D eigenvalue weighted by Gasteiger charge is -2.50. The van der Waals surface area contributed by atoms with Gasteiger partial charge in [-0.15, -0.1) is 46.6 Å². The number of thioether (sulfide) groups is 3. The van der Waals surface area contributed by atoms with Crippen LogP contribution in [0.4, 0.5) is 0 Å². The molecule has 3 N–H and O–H groups in total. The van der Waals surface area contributed by atoms with E-state index in [9.17, 15) is 29.4 Å². The van der Waals surface area contributed by atoms with Gasteiger partial charge in [-0.3, -0.25) is 14.5 Å². The molecule has 1 fully saturated rings. The number of carboxylic acids is 2. The van der Waals surface area contributed by atoms with Crippen molar-refractivity contribution in [3.05, 3.63) is 84.4 Å². The summed E-state index contributed by atoms with van der Waals surface area (Å²) in [6.07, 6.45) is -0.130. The number of β-lactam (4-membered cyclic amide) rings is 1. The SMILES string of the molecule is Cc1cc(SCC2=C(C(=O)[O-])N3C(=O)[C@@H](NC(=O)CSc4cc(Cl)ccc4Cl)[C@H]3SC2)cc(CCc2ccc(Cl)s2)[n+]1CC[C@@H](O)C(=O)O. The van der Waals surface area contributed by atoms with Crippen LogP contribution in [0.5, 0.6) is 0 Å². The fraction of sp³-hybridized carbons (Fsp3) is 0.344. The second-order valence-corrected chi connectivity index (χ2v) is 17.0. The fourth-order valence-corrected chi connectivity index (χ4v) is 10.3. The number of carboxylic acid groups (broad SMARTS) is 2. The first-order valence-corrected chi connectivity index (χ1v) is 19.9. The number of halogens is 3. The number of rotatable bonds is 15. The first kappa shape index (κ1) is 37.8. The second-order valence-electron chi connectivity index (χ2n) is 11.2. The van der Waals surface area contributed by atoms with E-state index in [4.69, 9.17) is 39.9 Å². The highest BCUT2D eigenvalue weighted by Gasteiger charge is 2.52. The number of fused-ring (bicyclic) bond motifs is 1. The minimum absolute atomic E-state index is 0.00794. The normalized spacial score (nSPS) is 17.8. The van der Waals surface area contributed by atoms with Gasteiger partial charge in [0, 0.05) is 63.1 Å². The average Bonchev–Trinajstić information content (AvgIpc) is 3.48. The number of nitrogens with one attached hydrogen (secondary N) is 1. The van der Waals surface area contributed by atoms with Crippen molar-refractivity contribution in [1.82, 2.24) is 10.2 Å². The van der Waals surface area contributed by atoms with Crippen molar-refractivity contribution < 1.29 is 39.1 Å². The van der Waals surface area contributed by atoms with Crippen LogP contribution in [0.15, 0.2) is 63.5 Å². The minimum Gasteiger partial charge on any atom is -0.543 e. The number of nitrogens with zero attached hydrogens (tertiary/aromatic N) is 2. The third kappa shape index (κ3) is 9.28. The van der Waals surface area contributed by atoms with Gasteiger partial charge < -0.3 is 25.4 Å². The minimum atomic E-state index is -1.49. The van der Waals surface area contributed by atoms with Gasteiger partial charge >= 0.3 is 5.97 Å². The van der Waals surface area contributed by atoms with Crippen LogP contribution in [-0.4, -0.2) is 73.6 Å². The largest absolute Gasteiger partial charge is 0.543 e. The zero-order chi connectivity index (χ0) is 35.4. The summed E-state index contributed by atoms with van der Waals surface area (Å²) in [5, 5.41) is 34.5. The van der Waals surface area contributed by atoms with Gasteiger partial charge in [0.05, 0.1) is 26.8 Å². The zero-order valence-electron chi connectivity index (χ0n) is 25.8. The topological polar surface area (TPSA) is 151 Å². The third-order valence-electron chi connectivity index (χ3n) is 7.82. The van der Waals surface area contributed by atoms with Crippen molar-refractivity contribution in [2.24, 2.45) is 0 Å². The van der Waals surface area contributed by atoms with Gasteiger partial charge in [-0.05, 0) is 42.3 Å². The van der Waals surface area contributed by atoms with Crippen LogP contribution in [0.3, 0.4) is 0 Å². The number of aryl methyl sites for hydroxylation is 3. The number of carbonyl (C=O) groups is 4. The molecule has 2 aliphatic rings. The summed E-state index contributed by atoms with van der Waals surface area (Å²) in [6, 6.07) is 11.8. The molecule has 0 aliphatic carbocycles. The lowest BCUT2D eigenvalue weighted by Crippen LogP contribution is -2.71. The molecule has 49 heavy (non-hydrogen) atoms. The molecule has 5 rings (SSSR count). The Morgan fingerprint density at radius 3 is 2.59 bits per heavy atom. The number of hydrogen-bond donors (Lipinski definition) is 3.